The average molecular weight is 417 g/mol. The predicted octanol–water partition coefficient (Wildman–Crippen LogP) is 1.47. The lowest BCUT2D eigenvalue weighted by Gasteiger charge is -2.23. The number of hydrogen-bond acceptors (Lipinski definition) is 6. The van der Waals surface area contributed by atoms with Crippen molar-refractivity contribution in [2.24, 2.45) is 0 Å². The number of nitrogens with zero attached hydrogens (tertiary/aromatic N) is 3. The molecule has 3 aromatic rings. The molecule has 0 unspecified atom stereocenters. The molecule has 0 spiro atoms. The predicted molar refractivity (Wildman–Crippen MR) is 103 cm³/mol. The van der Waals surface area contributed by atoms with E-state index >= 15 is 0 Å². The number of H-pyrrole nitrogens is 1. The molecule has 0 aliphatic carbocycles. The molecule has 156 valence electrons. The van der Waals surface area contributed by atoms with Crippen molar-refractivity contribution in [3.05, 3.63) is 52.6 Å². The minimum absolute atomic E-state index is 0.155. The first-order valence-corrected chi connectivity index (χ1v) is 9.20. The molecule has 9 nitrogen and oxygen atoms in total. The Morgan fingerprint density at radius 3 is 2.73 bits per heavy atom. The fraction of sp³-hybridized carbons (Fsp3) is 0.263. The highest BCUT2D eigenvalue weighted by atomic mass is 19.2. The molecule has 1 saturated heterocycles. The van der Waals surface area contributed by atoms with Crippen LogP contribution in [0.25, 0.3) is 11.2 Å². The second-order valence-electron chi connectivity index (χ2n) is 6.77. The van der Waals surface area contributed by atoms with E-state index in [9.17, 15) is 23.2 Å². The summed E-state index contributed by atoms with van der Waals surface area (Å²) in [5.74, 6) is -4.11. The molecular formula is C19H17F2N5O4. The highest BCUT2D eigenvalue weighted by Gasteiger charge is 2.25. The summed E-state index contributed by atoms with van der Waals surface area (Å²) in [6.45, 7) is 1.49. The Hall–Kier alpha value is -3.76. The molecule has 0 bridgehead atoms. The van der Waals surface area contributed by atoms with Crippen LogP contribution in [-0.2, 0) is 9.59 Å². The van der Waals surface area contributed by atoms with E-state index in [1.807, 2.05) is 4.90 Å². The minimum atomic E-state index is -0.937. The molecule has 4 rings (SSSR count). The summed E-state index contributed by atoms with van der Waals surface area (Å²) in [5, 5.41) is 2.44. The van der Waals surface area contributed by atoms with Crippen LogP contribution in [0.1, 0.15) is 6.42 Å². The van der Waals surface area contributed by atoms with Gasteiger partial charge in [-0.2, -0.15) is 0 Å². The van der Waals surface area contributed by atoms with Gasteiger partial charge >= 0.3 is 17.6 Å². The van der Waals surface area contributed by atoms with Crippen LogP contribution in [0.15, 0.2) is 39.7 Å². The van der Waals surface area contributed by atoms with Gasteiger partial charge < -0.3 is 19.5 Å². The van der Waals surface area contributed by atoms with Gasteiger partial charge in [0.15, 0.2) is 22.9 Å². The first-order valence-electron chi connectivity index (χ1n) is 9.20. The van der Waals surface area contributed by atoms with E-state index in [1.54, 1.807) is 0 Å². The lowest BCUT2D eigenvalue weighted by Crippen LogP contribution is -2.41. The summed E-state index contributed by atoms with van der Waals surface area (Å²) in [6.07, 6.45) is 1.85. The summed E-state index contributed by atoms with van der Waals surface area (Å²) in [4.78, 5) is 45.6. The largest absolute Gasteiger partial charge is 0.418 e. The van der Waals surface area contributed by atoms with Crippen molar-refractivity contribution in [3.63, 3.8) is 0 Å². The van der Waals surface area contributed by atoms with Crippen molar-refractivity contribution in [2.75, 3.05) is 36.4 Å². The van der Waals surface area contributed by atoms with Gasteiger partial charge in [-0.05, 0) is 18.6 Å². The molecule has 2 amide bonds. The number of pyridine rings is 1. The Morgan fingerprint density at radius 1 is 1.10 bits per heavy atom. The van der Waals surface area contributed by atoms with Gasteiger partial charge in [-0.25, -0.2) is 18.6 Å². The van der Waals surface area contributed by atoms with Crippen molar-refractivity contribution in [1.82, 2.24) is 14.9 Å². The summed E-state index contributed by atoms with van der Waals surface area (Å²) >= 11 is 0. The third-order valence-electron chi connectivity index (χ3n) is 4.78. The van der Waals surface area contributed by atoms with Crippen LogP contribution in [0.5, 0.6) is 0 Å². The minimum Gasteiger partial charge on any atom is -0.406 e. The van der Waals surface area contributed by atoms with Crippen LogP contribution in [0, 0.1) is 11.6 Å². The smallest absolute Gasteiger partial charge is 0.406 e. The maximum atomic E-state index is 13.5. The van der Waals surface area contributed by atoms with E-state index in [4.69, 9.17) is 4.42 Å². The van der Waals surface area contributed by atoms with Gasteiger partial charge in [0, 0.05) is 44.0 Å². The number of nitrogens with one attached hydrogen (secondary N) is 2. The van der Waals surface area contributed by atoms with Gasteiger partial charge in [0.2, 0.25) is 0 Å². The topological polar surface area (TPSA) is 112 Å². The summed E-state index contributed by atoms with van der Waals surface area (Å²) in [6, 6.07) is 5.04. The molecule has 2 N–H and O–H groups in total. The first-order chi connectivity index (χ1) is 14.4. The van der Waals surface area contributed by atoms with Crippen LogP contribution in [0.4, 0.5) is 20.2 Å². The third kappa shape index (κ3) is 4.00. The van der Waals surface area contributed by atoms with Crippen molar-refractivity contribution < 1.29 is 22.8 Å². The van der Waals surface area contributed by atoms with Crippen molar-refractivity contribution >= 4 is 34.4 Å². The van der Waals surface area contributed by atoms with Crippen LogP contribution in [-0.4, -0.2) is 52.9 Å². The summed E-state index contributed by atoms with van der Waals surface area (Å²) in [7, 11) is 0. The molecule has 2 aromatic heterocycles. The molecule has 3 heterocycles. The van der Waals surface area contributed by atoms with Gasteiger partial charge in [-0.1, -0.05) is 0 Å². The number of carbonyl (C=O) groups is 2. The van der Waals surface area contributed by atoms with Crippen LogP contribution < -0.4 is 16.0 Å². The van der Waals surface area contributed by atoms with Gasteiger partial charge in [0.05, 0.1) is 11.9 Å². The molecule has 0 atom stereocenters. The molecule has 1 aliphatic rings. The quantitative estimate of drug-likeness (QED) is 0.611. The maximum absolute atomic E-state index is 13.5. The number of fused-ring (bicyclic) bond motifs is 1. The fourth-order valence-corrected chi connectivity index (χ4v) is 3.30. The van der Waals surface area contributed by atoms with Crippen LogP contribution >= 0.6 is 0 Å². The van der Waals surface area contributed by atoms with Crippen molar-refractivity contribution in [1.29, 1.82) is 0 Å². The Bertz CT molecular complexity index is 1180. The third-order valence-corrected chi connectivity index (χ3v) is 4.78. The average Bonchev–Trinajstić information content (AvgIpc) is 2.93. The molecule has 30 heavy (non-hydrogen) atoms. The molecular weight excluding hydrogens is 400 g/mol. The number of benzene rings is 1. The number of anilines is 2. The normalized spacial score (nSPS) is 14.6. The summed E-state index contributed by atoms with van der Waals surface area (Å²) < 4.78 is 31.5. The highest BCUT2D eigenvalue weighted by molar-refractivity contribution is 6.39. The van der Waals surface area contributed by atoms with E-state index in [0.717, 1.165) is 12.1 Å². The number of aromatic amines is 1. The zero-order valence-electron chi connectivity index (χ0n) is 15.7. The number of rotatable bonds is 2. The zero-order valence-corrected chi connectivity index (χ0v) is 15.7. The number of halogens is 2. The van der Waals surface area contributed by atoms with Crippen LogP contribution in [0.2, 0.25) is 0 Å². The first kappa shape index (κ1) is 19.6. The Balaban J connectivity index is 1.40. The number of amides is 2. The monoisotopic (exact) mass is 417 g/mol. The number of oxazole rings is 1. The lowest BCUT2D eigenvalue weighted by atomic mass is 10.2. The number of carbonyl (C=O) groups excluding carboxylic acids is 2. The lowest BCUT2D eigenvalue weighted by molar-refractivity contribution is -0.143. The van der Waals surface area contributed by atoms with E-state index in [0.29, 0.717) is 31.7 Å². The summed E-state index contributed by atoms with van der Waals surface area (Å²) in [5.41, 5.74) is 1.11. The zero-order chi connectivity index (χ0) is 21.3. The SMILES string of the molecule is O=C(Nc1cnc2[nH]c(=O)oc2c1)C(=O)N1CCCN(c2ccc(F)c(F)c2)CC1. The van der Waals surface area contributed by atoms with Gasteiger partial charge in [-0.3, -0.25) is 14.6 Å². The van der Waals surface area contributed by atoms with Gasteiger partial charge in [0.1, 0.15) is 0 Å². The van der Waals surface area contributed by atoms with E-state index in [1.165, 1.54) is 23.2 Å². The number of hydrogen-bond donors (Lipinski definition) is 2. The molecule has 0 radical (unpaired) electrons. The molecule has 1 aliphatic heterocycles. The fourth-order valence-electron chi connectivity index (χ4n) is 3.30. The van der Waals surface area contributed by atoms with E-state index in [2.05, 4.69) is 15.3 Å². The Kier molecular flexibility index (Phi) is 5.17. The number of aromatic nitrogens is 2. The molecule has 11 heteroatoms. The molecule has 1 fully saturated rings. The van der Waals surface area contributed by atoms with Gasteiger partial charge in [0.25, 0.3) is 0 Å². The maximum Gasteiger partial charge on any atom is 0.418 e. The van der Waals surface area contributed by atoms with E-state index < -0.39 is 29.2 Å². The molecule has 0 saturated carbocycles. The van der Waals surface area contributed by atoms with Crippen molar-refractivity contribution in [3.8, 4) is 0 Å². The van der Waals surface area contributed by atoms with Crippen LogP contribution in [0.3, 0.4) is 0 Å². The second kappa shape index (κ2) is 7.93. The Morgan fingerprint density at radius 2 is 1.93 bits per heavy atom. The van der Waals surface area contributed by atoms with Gasteiger partial charge in [-0.15, -0.1) is 0 Å². The molecule has 1 aromatic carbocycles. The standard InChI is InChI=1S/C19H17F2N5O4/c20-13-3-2-12(9-14(13)21)25-4-1-5-26(7-6-25)18(28)17(27)23-11-8-15-16(22-10-11)24-19(29)30-15/h2-3,8-10H,1,4-7H2,(H,23,27)(H,22,24,29). The van der Waals surface area contributed by atoms with Crippen molar-refractivity contribution in [2.45, 2.75) is 6.42 Å². The Labute approximate surface area is 168 Å². The highest BCUT2D eigenvalue weighted by Crippen LogP contribution is 2.20. The second-order valence-corrected chi connectivity index (χ2v) is 6.77. The van der Waals surface area contributed by atoms with E-state index in [-0.39, 0.29) is 23.5 Å².